The number of carbonyl (C=O) groups excluding carboxylic acids is 1. The summed E-state index contributed by atoms with van der Waals surface area (Å²) in [5.74, 6) is -1.40. The fraction of sp³-hybridized carbons (Fsp3) is 0.200. The highest BCUT2D eigenvalue weighted by atomic mass is 35.5. The average Bonchev–Trinajstić information content (AvgIpc) is 3.26. The van der Waals surface area contributed by atoms with Crippen molar-refractivity contribution in [3.05, 3.63) is 59.3 Å². The molecule has 7 nitrogen and oxygen atoms in total. The van der Waals surface area contributed by atoms with Crippen molar-refractivity contribution in [2.24, 2.45) is 0 Å². The van der Waals surface area contributed by atoms with Crippen LogP contribution >= 0.6 is 22.9 Å². The van der Waals surface area contributed by atoms with Gasteiger partial charge in [0, 0.05) is 48.4 Å². The maximum atomic E-state index is 16.1. The van der Waals surface area contributed by atoms with Crippen LogP contribution in [0.15, 0.2) is 37.1 Å². The molecule has 3 heterocycles. The summed E-state index contributed by atoms with van der Waals surface area (Å²) in [4.78, 5) is 24.2. The maximum Gasteiger partial charge on any atom is 0.246 e. The van der Waals surface area contributed by atoms with Gasteiger partial charge in [-0.05, 0) is 31.2 Å². The SMILES string of the molecule is C=CC(=O)N1CCN(c2c(C#N)cnc3c(F)c(-c4ccc(F)c5sc(N)nc45)c(Cl)cc23)[C@@H](C)C1. The van der Waals surface area contributed by atoms with Gasteiger partial charge in [-0.25, -0.2) is 13.8 Å². The van der Waals surface area contributed by atoms with Gasteiger partial charge in [-0.1, -0.05) is 29.5 Å². The molecule has 2 aromatic carbocycles. The molecule has 0 spiro atoms. The normalized spacial score (nSPS) is 15.9. The Morgan fingerprint density at radius 3 is 2.83 bits per heavy atom. The molecule has 2 N–H and O–H groups in total. The first-order chi connectivity index (χ1) is 17.2. The molecule has 0 saturated carbocycles. The van der Waals surface area contributed by atoms with E-state index in [2.05, 4.69) is 22.6 Å². The highest BCUT2D eigenvalue weighted by Crippen LogP contribution is 2.43. The summed E-state index contributed by atoms with van der Waals surface area (Å²) < 4.78 is 30.6. The molecular weight excluding hydrogens is 506 g/mol. The first kappa shape index (κ1) is 23.9. The van der Waals surface area contributed by atoms with Crippen molar-refractivity contribution in [2.45, 2.75) is 13.0 Å². The lowest BCUT2D eigenvalue weighted by atomic mass is 9.98. The van der Waals surface area contributed by atoms with Crippen molar-refractivity contribution >= 4 is 60.8 Å². The van der Waals surface area contributed by atoms with Gasteiger partial charge in [-0.15, -0.1) is 0 Å². The number of aromatic nitrogens is 2. The number of nitrogens with zero attached hydrogens (tertiary/aromatic N) is 5. The first-order valence-electron chi connectivity index (χ1n) is 11.0. The molecule has 0 aliphatic carbocycles. The van der Waals surface area contributed by atoms with E-state index in [1.54, 1.807) is 11.0 Å². The number of hydrogen-bond donors (Lipinski definition) is 1. The fourth-order valence-corrected chi connectivity index (χ4v) is 5.76. The quantitative estimate of drug-likeness (QED) is 0.373. The molecule has 182 valence electrons. The zero-order valence-corrected chi connectivity index (χ0v) is 20.6. The van der Waals surface area contributed by atoms with E-state index in [0.29, 0.717) is 36.3 Å². The predicted octanol–water partition coefficient (Wildman–Crippen LogP) is 5.12. The second kappa shape index (κ2) is 9.00. The Morgan fingerprint density at radius 1 is 1.36 bits per heavy atom. The summed E-state index contributed by atoms with van der Waals surface area (Å²) in [7, 11) is 0. The number of halogens is 3. The smallest absolute Gasteiger partial charge is 0.246 e. The van der Waals surface area contributed by atoms with Crippen molar-refractivity contribution in [3.63, 3.8) is 0 Å². The minimum absolute atomic E-state index is 0.0147. The van der Waals surface area contributed by atoms with Crippen molar-refractivity contribution in [1.29, 1.82) is 5.26 Å². The summed E-state index contributed by atoms with van der Waals surface area (Å²) in [6.07, 6.45) is 2.59. The van der Waals surface area contributed by atoms with Crippen LogP contribution in [0, 0.1) is 23.0 Å². The molecule has 0 unspecified atom stereocenters. The molecule has 1 atom stereocenters. The van der Waals surface area contributed by atoms with Crippen LogP contribution in [0.25, 0.3) is 32.2 Å². The third kappa shape index (κ3) is 3.72. The van der Waals surface area contributed by atoms with Crippen molar-refractivity contribution < 1.29 is 13.6 Å². The molecule has 1 aliphatic heterocycles. The van der Waals surface area contributed by atoms with E-state index in [4.69, 9.17) is 17.3 Å². The molecule has 1 aliphatic rings. The van der Waals surface area contributed by atoms with Gasteiger partial charge in [-0.2, -0.15) is 5.26 Å². The Morgan fingerprint density at radius 2 is 2.14 bits per heavy atom. The Balaban J connectivity index is 1.70. The largest absolute Gasteiger partial charge is 0.375 e. The third-order valence-corrected chi connectivity index (χ3v) is 7.52. The molecule has 0 radical (unpaired) electrons. The minimum atomic E-state index is -0.712. The van der Waals surface area contributed by atoms with E-state index in [1.165, 1.54) is 24.4 Å². The summed E-state index contributed by atoms with van der Waals surface area (Å²) in [5, 5.41) is 10.4. The molecule has 1 amide bonds. The number of rotatable bonds is 3. The highest BCUT2D eigenvalue weighted by Gasteiger charge is 2.30. The van der Waals surface area contributed by atoms with Crippen LogP contribution < -0.4 is 10.6 Å². The number of piperazine rings is 1. The number of nitriles is 1. The highest BCUT2D eigenvalue weighted by molar-refractivity contribution is 7.22. The van der Waals surface area contributed by atoms with E-state index in [9.17, 15) is 14.4 Å². The average molecular weight is 525 g/mol. The number of pyridine rings is 1. The van der Waals surface area contributed by atoms with Crippen LogP contribution in [0.1, 0.15) is 12.5 Å². The molecule has 5 rings (SSSR count). The molecular formula is C25H19ClF2N6OS. The van der Waals surface area contributed by atoms with Gasteiger partial charge in [0.2, 0.25) is 5.91 Å². The molecule has 1 fully saturated rings. The Kier molecular flexibility index (Phi) is 5.98. The number of nitrogens with two attached hydrogens (primary N) is 1. The second-order valence-corrected chi connectivity index (χ2v) is 9.87. The van der Waals surface area contributed by atoms with Gasteiger partial charge >= 0.3 is 0 Å². The van der Waals surface area contributed by atoms with E-state index < -0.39 is 11.6 Å². The van der Waals surface area contributed by atoms with Gasteiger partial charge < -0.3 is 15.5 Å². The number of anilines is 2. The van der Waals surface area contributed by atoms with Crippen molar-refractivity contribution in [1.82, 2.24) is 14.9 Å². The van der Waals surface area contributed by atoms with Gasteiger partial charge in [0.15, 0.2) is 10.9 Å². The predicted molar refractivity (Wildman–Crippen MR) is 138 cm³/mol. The lowest BCUT2D eigenvalue weighted by Crippen LogP contribution is -2.53. The zero-order valence-electron chi connectivity index (χ0n) is 19.1. The van der Waals surface area contributed by atoms with Crippen LogP contribution in [-0.2, 0) is 4.79 Å². The van der Waals surface area contributed by atoms with Crippen LogP contribution in [0.2, 0.25) is 5.02 Å². The van der Waals surface area contributed by atoms with E-state index in [1.807, 2.05) is 11.8 Å². The molecule has 0 bridgehead atoms. The number of benzene rings is 2. The Labute approximate surface area is 214 Å². The first-order valence-corrected chi connectivity index (χ1v) is 12.2. The Hall–Kier alpha value is -3.81. The molecule has 36 heavy (non-hydrogen) atoms. The summed E-state index contributed by atoms with van der Waals surface area (Å²) in [5.41, 5.74) is 7.09. The van der Waals surface area contributed by atoms with E-state index in [-0.39, 0.29) is 49.0 Å². The fourth-order valence-electron chi connectivity index (χ4n) is 4.70. The number of thiazole rings is 1. The molecule has 2 aromatic heterocycles. The lowest BCUT2D eigenvalue weighted by Gasteiger charge is -2.41. The third-order valence-electron chi connectivity index (χ3n) is 6.33. The number of carbonyl (C=O) groups is 1. The van der Waals surface area contributed by atoms with Gasteiger partial charge in [0.1, 0.15) is 17.4 Å². The summed E-state index contributed by atoms with van der Waals surface area (Å²) >= 11 is 7.60. The van der Waals surface area contributed by atoms with Gasteiger partial charge in [0.25, 0.3) is 0 Å². The number of amides is 1. The maximum absolute atomic E-state index is 16.1. The van der Waals surface area contributed by atoms with Crippen molar-refractivity contribution in [3.8, 4) is 17.2 Å². The summed E-state index contributed by atoms with van der Waals surface area (Å²) in [6, 6.07) is 6.17. The number of nitrogen functional groups attached to an aromatic ring is 1. The molecule has 11 heteroatoms. The van der Waals surface area contributed by atoms with Gasteiger partial charge in [-0.3, -0.25) is 9.78 Å². The number of fused-ring (bicyclic) bond motifs is 2. The van der Waals surface area contributed by atoms with Crippen LogP contribution in [0.4, 0.5) is 19.6 Å². The zero-order chi connectivity index (χ0) is 25.7. The topological polar surface area (TPSA) is 99.1 Å². The van der Waals surface area contributed by atoms with Gasteiger partial charge in [0.05, 0.1) is 26.5 Å². The lowest BCUT2D eigenvalue weighted by molar-refractivity contribution is -0.126. The van der Waals surface area contributed by atoms with E-state index >= 15 is 4.39 Å². The van der Waals surface area contributed by atoms with Crippen LogP contribution in [-0.4, -0.2) is 46.5 Å². The van der Waals surface area contributed by atoms with E-state index in [0.717, 1.165) is 11.3 Å². The molecule has 4 aromatic rings. The monoisotopic (exact) mass is 524 g/mol. The van der Waals surface area contributed by atoms with Crippen molar-refractivity contribution in [2.75, 3.05) is 30.3 Å². The van der Waals surface area contributed by atoms with Crippen LogP contribution in [0.5, 0.6) is 0 Å². The number of hydrogen-bond acceptors (Lipinski definition) is 7. The standard InChI is InChI=1S/C25H19ClF2N6OS/c1-3-18(35)33-6-7-34(12(2)11-33)23-13(9-29)10-31-21-15(23)8-16(26)19(20(21)28)14-4-5-17(27)24-22(14)32-25(30)36-24/h3-5,8,10,12H,1,6-7,11H2,2H3,(H2,30,32)/t12-/m0/s1. The molecule has 1 saturated heterocycles. The van der Waals surface area contributed by atoms with Crippen LogP contribution in [0.3, 0.4) is 0 Å². The second-order valence-electron chi connectivity index (χ2n) is 8.43. The Bertz CT molecular complexity index is 1610. The minimum Gasteiger partial charge on any atom is -0.375 e. The summed E-state index contributed by atoms with van der Waals surface area (Å²) in [6.45, 7) is 6.71.